The van der Waals surface area contributed by atoms with E-state index < -0.39 is 0 Å². The highest BCUT2D eigenvalue weighted by Gasteiger charge is 2.23. The number of hydrogen-bond donors (Lipinski definition) is 0. The summed E-state index contributed by atoms with van der Waals surface area (Å²) in [6.45, 7) is 2.03. The minimum Gasteiger partial charge on any atom is -0.207 e. The van der Waals surface area contributed by atoms with Gasteiger partial charge in [0.2, 0.25) is 0 Å². The van der Waals surface area contributed by atoms with Crippen molar-refractivity contribution in [3.8, 4) is 6.07 Å². The van der Waals surface area contributed by atoms with Gasteiger partial charge in [0.05, 0.1) is 12.0 Å². The van der Waals surface area contributed by atoms with E-state index >= 15 is 0 Å². The fraction of sp³-hybridized carbons (Fsp3) is 0.235. The summed E-state index contributed by atoms with van der Waals surface area (Å²) in [7, 11) is 0. The van der Waals surface area contributed by atoms with Gasteiger partial charge in [0, 0.05) is 0 Å². The van der Waals surface area contributed by atoms with Crippen molar-refractivity contribution < 1.29 is 4.39 Å². The largest absolute Gasteiger partial charge is 0.207 e. The van der Waals surface area contributed by atoms with Gasteiger partial charge in [0.25, 0.3) is 0 Å². The van der Waals surface area contributed by atoms with Crippen molar-refractivity contribution in [2.75, 3.05) is 0 Å². The first-order chi connectivity index (χ1) is 9.19. The molecule has 1 nitrogen and oxygen atoms in total. The predicted molar refractivity (Wildman–Crippen MR) is 72.4 cm³/mol. The van der Waals surface area contributed by atoms with Crippen LogP contribution in [0.2, 0.25) is 0 Å². The molecular formula is C17H14FN. The van der Waals surface area contributed by atoms with E-state index in [1.54, 1.807) is 12.1 Å². The second kappa shape index (κ2) is 4.51. The molecule has 0 bridgehead atoms. The summed E-state index contributed by atoms with van der Waals surface area (Å²) in [5.74, 6) is -0.509. The Morgan fingerprint density at radius 1 is 1.05 bits per heavy atom. The molecule has 0 N–H and O–H groups in total. The Bertz CT molecular complexity index is 682. The number of nitrogens with zero attached hydrogens (tertiary/aromatic N) is 1. The van der Waals surface area contributed by atoms with Gasteiger partial charge < -0.3 is 0 Å². The summed E-state index contributed by atoms with van der Waals surface area (Å²) in [6, 6.07) is 13.4. The fourth-order valence-electron chi connectivity index (χ4n) is 2.86. The van der Waals surface area contributed by atoms with Crippen LogP contribution in [0.25, 0.3) is 0 Å². The standard InChI is InChI=1S/C17H14FN/c1-11-2-3-12-4-5-13-9-14(18)6-7-15(13)17(10-19)16(12)8-11/h2-3,6-9,17H,4-5H2,1H3. The second-order valence-corrected chi connectivity index (χ2v) is 5.11. The zero-order valence-electron chi connectivity index (χ0n) is 10.8. The van der Waals surface area contributed by atoms with E-state index in [-0.39, 0.29) is 11.7 Å². The van der Waals surface area contributed by atoms with Gasteiger partial charge in [0.15, 0.2) is 0 Å². The number of hydrogen-bond acceptors (Lipinski definition) is 1. The normalized spacial score (nSPS) is 17.0. The van der Waals surface area contributed by atoms with Crippen molar-refractivity contribution in [3.63, 3.8) is 0 Å². The van der Waals surface area contributed by atoms with E-state index in [2.05, 4.69) is 24.3 Å². The average molecular weight is 251 g/mol. The SMILES string of the molecule is Cc1ccc2c(c1)C(C#N)c1ccc(F)cc1CC2. The zero-order valence-corrected chi connectivity index (χ0v) is 10.8. The molecule has 2 aromatic carbocycles. The van der Waals surface area contributed by atoms with Crippen LogP contribution < -0.4 is 0 Å². The van der Waals surface area contributed by atoms with Gasteiger partial charge in [-0.1, -0.05) is 29.8 Å². The maximum Gasteiger partial charge on any atom is 0.123 e. The van der Waals surface area contributed by atoms with Crippen molar-refractivity contribution >= 4 is 0 Å². The van der Waals surface area contributed by atoms with Crippen LogP contribution in [-0.2, 0) is 12.8 Å². The summed E-state index contributed by atoms with van der Waals surface area (Å²) in [4.78, 5) is 0. The van der Waals surface area contributed by atoms with Gasteiger partial charge in [-0.3, -0.25) is 0 Å². The van der Waals surface area contributed by atoms with Crippen LogP contribution in [0.5, 0.6) is 0 Å². The summed E-state index contributed by atoms with van der Waals surface area (Å²) in [5, 5.41) is 9.53. The average Bonchev–Trinajstić information content (AvgIpc) is 2.54. The number of rotatable bonds is 0. The molecule has 0 fully saturated rings. The fourth-order valence-corrected chi connectivity index (χ4v) is 2.86. The van der Waals surface area contributed by atoms with Crippen LogP contribution in [0.4, 0.5) is 4.39 Å². The van der Waals surface area contributed by atoms with Gasteiger partial charge in [-0.05, 0) is 54.2 Å². The number of fused-ring (bicyclic) bond motifs is 2. The van der Waals surface area contributed by atoms with Gasteiger partial charge in [0.1, 0.15) is 5.82 Å². The molecular weight excluding hydrogens is 237 g/mol. The molecule has 2 heteroatoms. The molecule has 1 aliphatic rings. The molecule has 94 valence electrons. The zero-order chi connectivity index (χ0) is 13.4. The quantitative estimate of drug-likeness (QED) is 0.697. The topological polar surface area (TPSA) is 23.8 Å². The lowest BCUT2D eigenvalue weighted by atomic mass is 9.88. The van der Waals surface area contributed by atoms with Crippen molar-refractivity contribution in [1.82, 2.24) is 0 Å². The van der Waals surface area contributed by atoms with Crippen molar-refractivity contribution in [2.45, 2.75) is 25.7 Å². The molecule has 1 atom stereocenters. The molecule has 0 amide bonds. The molecule has 0 aliphatic heterocycles. The monoisotopic (exact) mass is 251 g/mol. The molecule has 3 rings (SSSR count). The first kappa shape index (κ1) is 11.9. The lowest BCUT2D eigenvalue weighted by Crippen LogP contribution is -2.02. The molecule has 0 saturated carbocycles. The summed E-state index contributed by atoms with van der Waals surface area (Å²) < 4.78 is 13.4. The van der Waals surface area contributed by atoms with Gasteiger partial charge in [-0.15, -0.1) is 0 Å². The third-order valence-electron chi connectivity index (χ3n) is 3.82. The van der Waals surface area contributed by atoms with Crippen LogP contribution in [-0.4, -0.2) is 0 Å². The van der Waals surface area contributed by atoms with E-state index in [0.29, 0.717) is 0 Å². The van der Waals surface area contributed by atoms with Crippen molar-refractivity contribution in [2.24, 2.45) is 0 Å². The highest BCUT2D eigenvalue weighted by atomic mass is 19.1. The first-order valence-electron chi connectivity index (χ1n) is 6.46. The van der Waals surface area contributed by atoms with E-state index in [1.807, 2.05) is 6.92 Å². The first-order valence-corrected chi connectivity index (χ1v) is 6.46. The highest BCUT2D eigenvalue weighted by molar-refractivity contribution is 5.49. The van der Waals surface area contributed by atoms with Gasteiger partial charge >= 0.3 is 0 Å². The van der Waals surface area contributed by atoms with E-state index in [9.17, 15) is 9.65 Å². The van der Waals surface area contributed by atoms with Crippen molar-refractivity contribution in [3.05, 3.63) is 70.0 Å². The minimum atomic E-state index is -0.284. The molecule has 2 aromatic rings. The summed E-state index contributed by atoms with van der Waals surface area (Å²) >= 11 is 0. The van der Waals surface area contributed by atoms with Crippen molar-refractivity contribution in [1.29, 1.82) is 5.26 Å². The van der Waals surface area contributed by atoms with Crippen LogP contribution in [0.15, 0.2) is 36.4 Å². The Kier molecular flexibility index (Phi) is 2.83. The molecule has 19 heavy (non-hydrogen) atoms. The van der Waals surface area contributed by atoms with Crippen LogP contribution in [0, 0.1) is 24.1 Å². The molecule has 0 spiro atoms. The number of aryl methyl sites for hydroxylation is 3. The Morgan fingerprint density at radius 2 is 1.84 bits per heavy atom. The Morgan fingerprint density at radius 3 is 2.63 bits per heavy atom. The van der Waals surface area contributed by atoms with E-state index in [1.165, 1.54) is 11.6 Å². The molecule has 0 saturated heterocycles. The third kappa shape index (κ3) is 2.02. The van der Waals surface area contributed by atoms with Crippen LogP contribution in [0.3, 0.4) is 0 Å². The smallest absolute Gasteiger partial charge is 0.123 e. The molecule has 0 aromatic heterocycles. The van der Waals surface area contributed by atoms with E-state index in [0.717, 1.165) is 35.1 Å². The number of halogens is 1. The Labute approximate surface area is 112 Å². The van der Waals surface area contributed by atoms with Gasteiger partial charge in [-0.25, -0.2) is 4.39 Å². The lowest BCUT2D eigenvalue weighted by Gasteiger charge is -2.13. The highest BCUT2D eigenvalue weighted by Crippen LogP contribution is 2.34. The number of benzene rings is 2. The maximum atomic E-state index is 13.4. The lowest BCUT2D eigenvalue weighted by molar-refractivity contribution is 0.624. The molecule has 1 aliphatic carbocycles. The second-order valence-electron chi connectivity index (χ2n) is 5.11. The maximum absolute atomic E-state index is 13.4. The molecule has 0 heterocycles. The summed E-state index contributed by atoms with van der Waals surface area (Å²) in [5.41, 5.74) is 5.35. The Hall–Kier alpha value is -2.14. The molecule has 0 radical (unpaired) electrons. The van der Waals surface area contributed by atoms with Crippen LogP contribution >= 0.6 is 0 Å². The molecule has 1 unspecified atom stereocenters. The minimum absolute atomic E-state index is 0.224. The number of nitriles is 1. The Balaban J connectivity index is 2.22. The van der Waals surface area contributed by atoms with Crippen LogP contribution in [0.1, 0.15) is 33.7 Å². The van der Waals surface area contributed by atoms with E-state index in [4.69, 9.17) is 0 Å². The summed E-state index contributed by atoms with van der Waals surface area (Å²) in [6.07, 6.45) is 1.66. The third-order valence-corrected chi connectivity index (χ3v) is 3.82. The predicted octanol–water partition coefficient (Wildman–Crippen LogP) is 3.89. The van der Waals surface area contributed by atoms with Gasteiger partial charge in [-0.2, -0.15) is 5.26 Å².